The molecule has 5 rings (SSSR count). The molecule has 0 aromatic carbocycles. The van der Waals surface area contributed by atoms with E-state index in [0.717, 1.165) is 19.3 Å². The lowest BCUT2D eigenvalue weighted by Crippen LogP contribution is -2.66. The van der Waals surface area contributed by atoms with Crippen LogP contribution in [0.4, 0.5) is 0 Å². The molecule has 0 bridgehead atoms. The first kappa shape index (κ1) is 26.5. The molecule has 0 aromatic rings. The Bertz CT molecular complexity index is 939. The van der Waals surface area contributed by atoms with Crippen LogP contribution < -0.4 is 0 Å². The van der Waals surface area contributed by atoms with Gasteiger partial charge in [0.25, 0.3) is 0 Å². The Hall–Kier alpha value is -1.12. The summed E-state index contributed by atoms with van der Waals surface area (Å²) in [5, 5.41) is 0. The zero-order chi connectivity index (χ0) is 26.3. The first-order chi connectivity index (χ1) is 16.8. The van der Waals surface area contributed by atoms with Crippen LogP contribution in [0.1, 0.15) is 113 Å². The van der Waals surface area contributed by atoms with Gasteiger partial charge in [-0.2, -0.15) is 0 Å². The van der Waals surface area contributed by atoms with E-state index in [1.54, 1.807) is 6.92 Å². The number of allylic oxidation sites excluding steroid dienone is 1. The second kappa shape index (κ2) is 8.44. The van der Waals surface area contributed by atoms with Crippen LogP contribution in [-0.2, 0) is 14.3 Å². The summed E-state index contributed by atoms with van der Waals surface area (Å²) in [4.78, 5) is 24.5. The van der Waals surface area contributed by atoms with Crippen LogP contribution >= 0.6 is 0 Å². The summed E-state index contributed by atoms with van der Waals surface area (Å²) in [5.74, 6) is 3.33. The molecule has 5 aliphatic carbocycles. The Balaban J connectivity index is 1.52. The van der Waals surface area contributed by atoms with Crippen molar-refractivity contribution >= 4 is 12.3 Å². The lowest BCUT2D eigenvalue weighted by atomic mass is 9.32. The van der Waals surface area contributed by atoms with Crippen LogP contribution in [0.3, 0.4) is 0 Å². The highest BCUT2D eigenvalue weighted by molar-refractivity contribution is 5.66. The van der Waals surface area contributed by atoms with Crippen LogP contribution in [0.25, 0.3) is 0 Å². The van der Waals surface area contributed by atoms with Crippen molar-refractivity contribution in [2.24, 2.45) is 62.6 Å². The monoisotopic (exact) mass is 496 g/mol. The third-order valence-corrected chi connectivity index (χ3v) is 14.3. The lowest BCUT2D eigenvalue weighted by Gasteiger charge is -2.73. The number of carbonyl (C=O) groups excluding carboxylic acids is 2. The highest BCUT2D eigenvalue weighted by atomic mass is 16.5. The number of carbonyl (C=O) groups is 2. The highest BCUT2D eigenvalue weighted by Gasteiger charge is 2.71. The molecule has 0 aliphatic heterocycles. The minimum Gasteiger partial charge on any atom is -0.465 e. The quantitative estimate of drug-likeness (QED) is 0.225. The van der Waals surface area contributed by atoms with E-state index in [0.29, 0.717) is 47.5 Å². The molecule has 5 aliphatic rings. The van der Waals surface area contributed by atoms with Gasteiger partial charge < -0.3 is 9.53 Å². The SMILES string of the molecule is C=C(C)C1CC[C@]2(C=O)CC[C@]3(C)C(CCC4[C@@]5(C)CC[C@H](C)[C@@](C)(COC(C)=O)C5CC[C@]43C)C12. The van der Waals surface area contributed by atoms with E-state index in [2.05, 4.69) is 48.1 Å². The van der Waals surface area contributed by atoms with Gasteiger partial charge in [-0.25, -0.2) is 0 Å². The number of hydrogen-bond donors (Lipinski definition) is 0. The molecular formula is C33H52O3. The molecule has 0 radical (unpaired) electrons. The average molecular weight is 497 g/mol. The number of rotatable bonds is 4. The first-order valence-electron chi connectivity index (χ1n) is 15.0. The van der Waals surface area contributed by atoms with Gasteiger partial charge in [-0.3, -0.25) is 4.79 Å². The Morgan fingerprint density at radius 3 is 2.25 bits per heavy atom. The topological polar surface area (TPSA) is 43.4 Å². The Kier molecular flexibility index (Phi) is 6.21. The normalized spacial score (nSPS) is 53.9. The fraction of sp³-hybridized carbons (Fsp3) is 0.879. The average Bonchev–Trinajstić information content (AvgIpc) is 3.21. The van der Waals surface area contributed by atoms with E-state index in [1.165, 1.54) is 56.8 Å². The molecular weight excluding hydrogens is 444 g/mol. The van der Waals surface area contributed by atoms with Crippen molar-refractivity contribution in [1.29, 1.82) is 0 Å². The number of hydrogen-bond acceptors (Lipinski definition) is 3. The maximum absolute atomic E-state index is 12.7. The molecule has 0 aromatic heterocycles. The third-order valence-electron chi connectivity index (χ3n) is 14.3. The first-order valence-corrected chi connectivity index (χ1v) is 15.0. The van der Waals surface area contributed by atoms with Crippen LogP contribution in [0.5, 0.6) is 0 Å². The van der Waals surface area contributed by atoms with Gasteiger partial charge in [-0.05, 0) is 123 Å². The summed E-state index contributed by atoms with van der Waals surface area (Å²) in [6.45, 7) is 21.5. The van der Waals surface area contributed by atoms with E-state index < -0.39 is 0 Å². The second-order valence-corrected chi connectivity index (χ2v) is 15.3. The van der Waals surface area contributed by atoms with Crippen molar-refractivity contribution in [3.05, 3.63) is 12.2 Å². The minimum atomic E-state index is -0.145. The summed E-state index contributed by atoms with van der Waals surface area (Å²) < 4.78 is 5.74. The summed E-state index contributed by atoms with van der Waals surface area (Å²) in [5.41, 5.74) is 2.09. The largest absolute Gasteiger partial charge is 0.465 e. The Morgan fingerprint density at radius 2 is 1.61 bits per heavy atom. The molecule has 0 amide bonds. The van der Waals surface area contributed by atoms with Crippen molar-refractivity contribution in [2.75, 3.05) is 6.61 Å². The second-order valence-electron chi connectivity index (χ2n) is 15.3. The maximum Gasteiger partial charge on any atom is 0.302 e. The van der Waals surface area contributed by atoms with Gasteiger partial charge in [0.2, 0.25) is 0 Å². The van der Waals surface area contributed by atoms with Gasteiger partial charge in [0, 0.05) is 17.8 Å². The van der Waals surface area contributed by atoms with Crippen molar-refractivity contribution in [3.8, 4) is 0 Å². The van der Waals surface area contributed by atoms with Crippen molar-refractivity contribution in [1.82, 2.24) is 0 Å². The van der Waals surface area contributed by atoms with Crippen molar-refractivity contribution < 1.29 is 14.3 Å². The smallest absolute Gasteiger partial charge is 0.302 e. The van der Waals surface area contributed by atoms with Crippen LogP contribution in [0.15, 0.2) is 12.2 Å². The predicted molar refractivity (Wildman–Crippen MR) is 145 cm³/mol. The predicted octanol–water partition coefficient (Wildman–Crippen LogP) is 8.02. The summed E-state index contributed by atoms with van der Waals surface area (Å²) in [7, 11) is 0. The number of esters is 1. The number of fused-ring (bicyclic) bond motifs is 7. The molecule has 5 unspecified atom stereocenters. The van der Waals surface area contributed by atoms with E-state index in [9.17, 15) is 9.59 Å². The van der Waals surface area contributed by atoms with Gasteiger partial charge >= 0.3 is 5.97 Å². The van der Waals surface area contributed by atoms with Gasteiger partial charge in [0.15, 0.2) is 0 Å². The fourth-order valence-corrected chi connectivity index (χ4v) is 11.9. The summed E-state index contributed by atoms with van der Waals surface area (Å²) in [6, 6.07) is 0. The van der Waals surface area contributed by atoms with Crippen LogP contribution in [0.2, 0.25) is 0 Å². The van der Waals surface area contributed by atoms with E-state index in [-0.39, 0.29) is 27.6 Å². The maximum atomic E-state index is 12.7. The third kappa shape index (κ3) is 3.28. The van der Waals surface area contributed by atoms with E-state index in [1.807, 2.05) is 0 Å². The van der Waals surface area contributed by atoms with E-state index in [4.69, 9.17) is 4.74 Å². The Morgan fingerprint density at radius 1 is 0.889 bits per heavy atom. The zero-order valence-electron chi connectivity index (χ0n) is 24.3. The van der Waals surface area contributed by atoms with Gasteiger partial charge in [0.1, 0.15) is 6.29 Å². The van der Waals surface area contributed by atoms with E-state index >= 15 is 0 Å². The Labute approximate surface area is 220 Å². The molecule has 5 saturated carbocycles. The van der Waals surface area contributed by atoms with Gasteiger partial charge in [-0.15, -0.1) is 0 Å². The zero-order valence-corrected chi connectivity index (χ0v) is 24.3. The highest BCUT2D eigenvalue weighted by Crippen LogP contribution is 2.77. The van der Waals surface area contributed by atoms with Gasteiger partial charge in [-0.1, -0.05) is 46.8 Å². The summed E-state index contributed by atoms with van der Waals surface area (Å²) in [6.07, 6.45) is 13.5. The lowest BCUT2D eigenvalue weighted by molar-refractivity contribution is -0.246. The molecule has 36 heavy (non-hydrogen) atoms. The molecule has 0 spiro atoms. The van der Waals surface area contributed by atoms with Crippen molar-refractivity contribution in [3.63, 3.8) is 0 Å². The molecule has 11 atom stereocenters. The summed E-state index contributed by atoms with van der Waals surface area (Å²) >= 11 is 0. The minimum absolute atomic E-state index is 0.0491. The standard InChI is InChI=1S/C33H52O3/c1-21(2)24-12-16-33(19-34)18-17-31(7)25(28(24)33)9-10-27-29(5)14-11-22(3)30(6,20-36-23(4)35)26(29)13-15-32(27,31)8/h19,22,24-28H,1,9-18,20H2,2-8H3/t22-,24?,25?,26?,27?,28?,29-,30+,31+,32+,33+/m0/s1. The fourth-order valence-electron chi connectivity index (χ4n) is 11.9. The molecule has 0 saturated heterocycles. The van der Waals surface area contributed by atoms with Crippen LogP contribution in [-0.4, -0.2) is 18.9 Å². The molecule has 5 fully saturated rings. The molecule has 0 heterocycles. The molecule has 3 heteroatoms. The van der Waals surface area contributed by atoms with Gasteiger partial charge in [0.05, 0.1) is 6.61 Å². The molecule has 0 N–H and O–H groups in total. The number of aldehydes is 1. The van der Waals surface area contributed by atoms with Crippen LogP contribution in [0, 0.1) is 62.6 Å². The molecule has 202 valence electrons. The van der Waals surface area contributed by atoms with Crippen molar-refractivity contribution in [2.45, 2.75) is 113 Å². The number of ether oxygens (including phenoxy) is 1. The molecule has 3 nitrogen and oxygen atoms in total.